The molecule has 0 unspecified atom stereocenters. The highest BCUT2D eigenvalue weighted by atomic mass is 16.3. The number of benzene rings is 1. The summed E-state index contributed by atoms with van der Waals surface area (Å²) in [5.74, 6) is 0.528. The lowest BCUT2D eigenvalue weighted by atomic mass is 10.0. The molecule has 1 saturated heterocycles. The van der Waals surface area contributed by atoms with Crippen LogP contribution < -0.4 is 5.32 Å². The van der Waals surface area contributed by atoms with E-state index in [9.17, 15) is 4.79 Å². The summed E-state index contributed by atoms with van der Waals surface area (Å²) < 4.78 is 5.89. The number of hydrogen-bond acceptors (Lipinski definition) is 3. The summed E-state index contributed by atoms with van der Waals surface area (Å²) in [6, 6.07) is 6.56. The number of piperidine rings is 1. The molecule has 2 heterocycles. The lowest BCUT2D eigenvalue weighted by molar-refractivity contribution is 0.0676. The van der Waals surface area contributed by atoms with Gasteiger partial charge in [-0.3, -0.25) is 4.79 Å². The predicted molar refractivity (Wildman–Crippen MR) is 83.7 cm³/mol. The molecule has 4 heteroatoms. The van der Waals surface area contributed by atoms with Crippen molar-refractivity contribution in [1.82, 2.24) is 10.2 Å². The topological polar surface area (TPSA) is 45.5 Å². The number of para-hydroxylation sites is 1. The number of likely N-dealkylation sites (tertiary alicyclic amines) is 1. The molecular weight excluding hydrogens is 264 g/mol. The molecule has 0 spiro atoms. The molecule has 1 aliphatic heterocycles. The Morgan fingerprint density at radius 3 is 2.62 bits per heavy atom. The van der Waals surface area contributed by atoms with Crippen molar-refractivity contribution in [2.45, 2.75) is 32.7 Å². The molecule has 3 rings (SSSR count). The van der Waals surface area contributed by atoms with Crippen molar-refractivity contribution in [3.05, 3.63) is 35.1 Å². The van der Waals surface area contributed by atoms with E-state index in [0.717, 1.165) is 48.0 Å². The second-order valence-corrected chi connectivity index (χ2v) is 5.86. The Morgan fingerprint density at radius 1 is 1.29 bits per heavy atom. The number of nitrogens with zero attached hydrogens (tertiary/aromatic N) is 1. The SMILES string of the molecule is CNC1CCN(C(=O)c2oc3c(C)cccc3c2C)CC1. The number of carbonyl (C=O) groups is 1. The summed E-state index contributed by atoms with van der Waals surface area (Å²) in [6.45, 7) is 5.57. The van der Waals surface area contributed by atoms with E-state index >= 15 is 0 Å². The van der Waals surface area contributed by atoms with Crippen LogP contribution in [0.25, 0.3) is 11.0 Å². The zero-order valence-corrected chi connectivity index (χ0v) is 12.9. The molecule has 0 aliphatic carbocycles. The van der Waals surface area contributed by atoms with Crippen molar-refractivity contribution in [3.63, 3.8) is 0 Å². The molecule has 112 valence electrons. The first kappa shape index (κ1) is 14.1. The average Bonchev–Trinajstić information content (AvgIpc) is 2.85. The molecule has 21 heavy (non-hydrogen) atoms. The van der Waals surface area contributed by atoms with E-state index < -0.39 is 0 Å². The molecule has 0 atom stereocenters. The fraction of sp³-hybridized carbons (Fsp3) is 0.471. The third-order valence-corrected chi connectivity index (χ3v) is 4.55. The standard InChI is InChI=1S/C17H22N2O2/c1-11-5-4-6-14-12(2)16(21-15(11)14)17(20)19-9-7-13(18-3)8-10-19/h4-6,13,18H,7-10H2,1-3H3. The molecule has 1 aromatic heterocycles. The van der Waals surface area contributed by atoms with Crippen molar-refractivity contribution < 1.29 is 9.21 Å². The van der Waals surface area contributed by atoms with Crippen LogP contribution in [0.4, 0.5) is 0 Å². The Hall–Kier alpha value is -1.81. The largest absolute Gasteiger partial charge is 0.450 e. The van der Waals surface area contributed by atoms with Crippen molar-refractivity contribution in [1.29, 1.82) is 0 Å². The Kier molecular flexibility index (Phi) is 3.72. The Labute approximate surface area is 125 Å². The minimum atomic E-state index is 0.0256. The quantitative estimate of drug-likeness (QED) is 0.923. The zero-order chi connectivity index (χ0) is 15.0. The van der Waals surface area contributed by atoms with Crippen molar-refractivity contribution in [2.75, 3.05) is 20.1 Å². The maximum absolute atomic E-state index is 12.7. The smallest absolute Gasteiger partial charge is 0.289 e. The molecule has 4 nitrogen and oxygen atoms in total. The van der Waals surface area contributed by atoms with Gasteiger partial charge in [-0.2, -0.15) is 0 Å². The van der Waals surface area contributed by atoms with Gasteiger partial charge in [0, 0.05) is 30.1 Å². The Morgan fingerprint density at radius 2 is 2.00 bits per heavy atom. The van der Waals surface area contributed by atoms with Crippen LogP contribution >= 0.6 is 0 Å². The Balaban J connectivity index is 1.89. The zero-order valence-electron chi connectivity index (χ0n) is 12.9. The highest BCUT2D eigenvalue weighted by molar-refractivity contribution is 5.99. The fourth-order valence-corrected chi connectivity index (χ4v) is 3.10. The second kappa shape index (κ2) is 5.53. The van der Waals surface area contributed by atoms with Gasteiger partial charge in [-0.1, -0.05) is 18.2 Å². The van der Waals surface area contributed by atoms with E-state index in [-0.39, 0.29) is 5.91 Å². The molecule has 1 amide bonds. The van der Waals surface area contributed by atoms with E-state index in [0.29, 0.717) is 11.8 Å². The second-order valence-electron chi connectivity index (χ2n) is 5.86. The van der Waals surface area contributed by atoms with Gasteiger partial charge in [0.25, 0.3) is 5.91 Å². The summed E-state index contributed by atoms with van der Waals surface area (Å²) in [4.78, 5) is 14.6. The van der Waals surface area contributed by atoms with Gasteiger partial charge in [0.2, 0.25) is 0 Å². The van der Waals surface area contributed by atoms with Gasteiger partial charge in [0.05, 0.1) is 0 Å². The van der Waals surface area contributed by atoms with Crippen LogP contribution in [-0.4, -0.2) is 37.0 Å². The van der Waals surface area contributed by atoms with Crippen LogP contribution in [0.1, 0.15) is 34.5 Å². The number of amides is 1. The number of aryl methyl sites for hydroxylation is 2. The molecule has 0 radical (unpaired) electrons. The van der Waals surface area contributed by atoms with Gasteiger partial charge in [0.15, 0.2) is 5.76 Å². The molecule has 2 aromatic rings. The van der Waals surface area contributed by atoms with Crippen LogP contribution in [0.15, 0.2) is 22.6 Å². The maximum atomic E-state index is 12.7. The highest BCUT2D eigenvalue weighted by Gasteiger charge is 2.27. The number of hydrogen-bond donors (Lipinski definition) is 1. The van der Waals surface area contributed by atoms with E-state index in [1.165, 1.54) is 0 Å². The molecule has 1 fully saturated rings. The summed E-state index contributed by atoms with van der Waals surface area (Å²) in [7, 11) is 1.98. The first-order valence-electron chi connectivity index (χ1n) is 7.57. The predicted octanol–water partition coefficient (Wildman–Crippen LogP) is 2.87. The van der Waals surface area contributed by atoms with Crippen LogP contribution in [0.2, 0.25) is 0 Å². The van der Waals surface area contributed by atoms with Crippen molar-refractivity contribution >= 4 is 16.9 Å². The normalized spacial score (nSPS) is 16.6. The number of fused-ring (bicyclic) bond motifs is 1. The minimum absolute atomic E-state index is 0.0256. The summed E-state index contributed by atoms with van der Waals surface area (Å²) in [5, 5.41) is 4.33. The van der Waals surface area contributed by atoms with Gasteiger partial charge in [-0.05, 0) is 39.3 Å². The Bertz CT molecular complexity index is 667. The monoisotopic (exact) mass is 286 g/mol. The van der Waals surface area contributed by atoms with Gasteiger partial charge in [0.1, 0.15) is 5.58 Å². The van der Waals surface area contributed by atoms with Gasteiger partial charge in [-0.15, -0.1) is 0 Å². The third-order valence-electron chi connectivity index (χ3n) is 4.55. The lowest BCUT2D eigenvalue weighted by Crippen LogP contribution is -2.44. The molecular formula is C17H22N2O2. The molecule has 1 aromatic carbocycles. The number of rotatable bonds is 2. The van der Waals surface area contributed by atoms with E-state index in [1.807, 2.05) is 44.0 Å². The minimum Gasteiger partial charge on any atom is -0.450 e. The molecule has 1 N–H and O–H groups in total. The fourth-order valence-electron chi connectivity index (χ4n) is 3.10. The first-order chi connectivity index (χ1) is 10.1. The average molecular weight is 286 g/mol. The number of carbonyl (C=O) groups excluding carboxylic acids is 1. The van der Waals surface area contributed by atoms with E-state index in [2.05, 4.69) is 5.32 Å². The lowest BCUT2D eigenvalue weighted by Gasteiger charge is -2.31. The van der Waals surface area contributed by atoms with Crippen molar-refractivity contribution in [3.8, 4) is 0 Å². The van der Waals surface area contributed by atoms with Gasteiger partial charge in [-0.25, -0.2) is 0 Å². The summed E-state index contributed by atoms with van der Waals surface area (Å²) in [6.07, 6.45) is 2.00. The van der Waals surface area contributed by atoms with E-state index in [1.54, 1.807) is 0 Å². The molecule has 0 saturated carbocycles. The summed E-state index contributed by atoms with van der Waals surface area (Å²) in [5.41, 5.74) is 2.86. The molecule has 0 bridgehead atoms. The van der Waals surface area contributed by atoms with Crippen LogP contribution in [0, 0.1) is 13.8 Å². The van der Waals surface area contributed by atoms with Crippen LogP contribution in [-0.2, 0) is 0 Å². The summed E-state index contributed by atoms with van der Waals surface area (Å²) >= 11 is 0. The van der Waals surface area contributed by atoms with Crippen molar-refractivity contribution in [2.24, 2.45) is 0 Å². The number of furan rings is 1. The third kappa shape index (κ3) is 2.44. The maximum Gasteiger partial charge on any atom is 0.289 e. The number of nitrogens with one attached hydrogen (secondary N) is 1. The van der Waals surface area contributed by atoms with E-state index in [4.69, 9.17) is 4.42 Å². The van der Waals surface area contributed by atoms with Gasteiger partial charge < -0.3 is 14.6 Å². The van der Waals surface area contributed by atoms with Crippen LogP contribution in [0.3, 0.4) is 0 Å². The molecule has 1 aliphatic rings. The highest BCUT2D eigenvalue weighted by Crippen LogP contribution is 2.29. The first-order valence-corrected chi connectivity index (χ1v) is 7.57. The van der Waals surface area contributed by atoms with Gasteiger partial charge >= 0.3 is 0 Å². The van der Waals surface area contributed by atoms with Crippen LogP contribution in [0.5, 0.6) is 0 Å².